The third kappa shape index (κ3) is 4.46. The third-order valence-corrected chi connectivity index (χ3v) is 6.19. The van der Waals surface area contributed by atoms with Gasteiger partial charge >= 0.3 is 5.97 Å². The van der Waals surface area contributed by atoms with Gasteiger partial charge < -0.3 is 14.2 Å². The lowest BCUT2D eigenvalue weighted by Crippen LogP contribution is -2.38. The fraction of sp³-hybridized carbons (Fsp3) is 0.385. The summed E-state index contributed by atoms with van der Waals surface area (Å²) in [6, 6.07) is 13.7. The number of likely N-dealkylation sites (tertiary alicyclic amines) is 1. The van der Waals surface area contributed by atoms with Gasteiger partial charge in [0.05, 0.1) is 5.69 Å². The molecule has 5 rings (SSSR count). The monoisotopic (exact) mass is 447 g/mol. The summed E-state index contributed by atoms with van der Waals surface area (Å²) in [7, 11) is 1.98. The minimum Gasteiger partial charge on any atom is -0.457 e. The molecule has 1 fully saturated rings. The molecule has 33 heavy (non-hydrogen) atoms. The number of benzene rings is 2. The summed E-state index contributed by atoms with van der Waals surface area (Å²) in [4.78, 5) is 14.7. The average Bonchev–Trinajstić information content (AvgIpc) is 3.33. The molecule has 0 saturated carbocycles. The Balaban J connectivity index is 1.27. The standard InChI is InChI=1S/C26H29N3O4/c1-17-22(16-28(4)27-17)23-6-5-13-29(23)15-18-7-9-19(10-8-18)31-20-11-12-21-24(14-20)32-26(2,3)33-25(21)30/h7-12,14,16,23H,5-6,13,15H2,1-4H3. The van der Waals surface area contributed by atoms with E-state index in [1.165, 1.54) is 24.0 Å². The Morgan fingerprint density at radius 1 is 1.12 bits per heavy atom. The van der Waals surface area contributed by atoms with E-state index in [2.05, 4.69) is 35.3 Å². The van der Waals surface area contributed by atoms with Gasteiger partial charge in [0.25, 0.3) is 0 Å². The number of cyclic esters (lactones) is 1. The van der Waals surface area contributed by atoms with E-state index in [4.69, 9.17) is 14.2 Å². The highest BCUT2D eigenvalue weighted by atomic mass is 16.7. The third-order valence-electron chi connectivity index (χ3n) is 6.19. The van der Waals surface area contributed by atoms with Crippen LogP contribution < -0.4 is 9.47 Å². The van der Waals surface area contributed by atoms with Gasteiger partial charge in [0, 0.05) is 51.3 Å². The fourth-order valence-electron chi connectivity index (χ4n) is 4.73. The molecule has 7 nitrogen and oxygen atoms in total. The van der Waals surface area contributed by atoms with Gasteiger partial charge in [-0.1, -0.05) is 12.1 Å². The Labute approximate surface area is 193 Å². The maximum Gasteiger partial charge on any atom is 0.345 e. The molecular weight excluding hydrogens is 418 g/mol. The largest absolute Gasteiger partial charge is 0.457 e. The van der Waals surface area contributed by atoms with Crippen molar-refractivity contribution >= 4 is 5.97 Å². The number of esters is 1. The van der Waals surface area contributed by atoms with Crippen molar-refractivity contribution in [2.75, 3.05) is 6.54 Å². The zero-order chi connectivity index (χ0) is 23.2. The van der Waals surface area contributed by atoms with E-state index >= 15 is 0 Å². The van der Waals surface area contributed by atoms with E-state index in [1.807, 2.05) is 23.9 Å². The number of rotatable bonds is 5. The van der Waals surface area contributed by atoms with E-state index in [0.29, 0.717) is 23.1 Å². The molecule has 3 aromatic rings. The molecule has 0 aliphatic carbocycles. The Morgan fingerprint density at radius 3 is 2.61 bits per heavy atom. The first-order valence-electron chi connectivity index (χ1n) is 11.3. The molecule has 0 spiro atoms. The molecule has 2 aliphatic rings. The minimum absolute atomic E-state index is 0.390. The smallest absolute Gasteiger partial charge is 0.345 e. The normalized spacial score (nSPS) is 19.6. The van der Waals surface area contributed by atoms with E-state index in [9.17, 15) is 4.79 Å². The molecular formula is C26H29N3O4. The molecule has 172 valence electrons. The first-order valence-corrected chi connectivity index (χ1v) is 11.3. The number of hydrogen-bond donors (Lipinski definition) is 0. The summed E-state index contributed by atoms with van der Waals surface area (Å²) in [6.07, 6.45) is 4.52. The van der Waals surface area contributed by atoms with Gasteiger partial charge in [-0.05, 0) is 56.1 Å². The van der Waals surface area contributed by atoms with Gasteiger partial charge in [-0.25, -0.2) is 4.79 Å². The average molecular weight is 448 g/mol. The Hall–Kier alpha value is -3.32. The van der Waals surface area contributed by atoms with Gasteiger partial charge in [-0.15, -0.1) is 0 Å². The number of aryl methyl sites for hydroxylation is 2. The number of hydrogen-bond acceptors (Lipinski definition) is 6. The fourth-order valence-corrected chi connectivity index (χ4v) is 4.73. The van der Waals surface area contributed by atoms with E-state index < -0.39 is 5.79 Å². The van der Waals surface area contributed by atoms with Crippen molar-refractivity contribution in [3.8, 4) is 17.2 Å². The molecule has 1 unspecified atom stereocenters. The zero-order valence-electron chi connectivity index (χ0n) is 19.5. The highest BCUT2D eigenvalue weighted by Crippen LogP contribution is 2.36. The van der Waals surface area contributed by atoms with Crippen LogP contribution >= 0.6 is 0 Å². The van der Waals surface area contributed by atoms with Crippen LogP contribution in [0.2, 0.25) is 0 Å². The van der Waals surface area contributed by atoms with Crippen molar-refractivity contribution in [1.82, 2.24) is 14.7 Å². The van der Waals surface area contributed by atoms with Gasteiger partial charge in [-0.2, -0.15) is 5.10 Å². The van der Waals surface area contributed by atoms with Crippen LogP contribution in [0.1, 0.15) is 59.9 Å². The molecule has 1 atom stereocenters. The molecule has 3 heterocycles. The van der Waals surface area contributed by atoms with Crippen molar-refractivity contribution in [3.05, 3.63) is 71.0 Å². The highest BCUT2D eigenvalue weighted by molar-refractivity contribution is 5.93. The SMILES string of the molecule is Cc1nn(C)cc1C1CCCN1Cc1ccc(Oc2ccc3c(c2)OC(C)(C)OC3=O)cc1. The lowest BCUT2D eigenvalue weighted by atomic mass is 10.1. The van der Waals surface area contributed by atoms with Crippen molar-refractivity contribution in [2.45, 2.75) is 52.0 Å². The lowest BCUT2D eigenvalue weighted by molar-refractivity contribution is -0.127. The second-order valence-corrected chi connectivity index (χ2v) is 9.27. The van der Waals surface area contributed by atoms with Crippen LogP contribution in [-0.2, 0) is 18.3 Å². The topological polar surface area (TPSA) is 65.8 Å². The molecule has 2 aromatic carbocycles. The lowest BCUT2D eigenvalue weighted by Gasteiger charge is -2.31. The predicted molar refractivity (Wildman–Crippen MR) is 123 cm³/mol. The van der Waals surface area contributed by atoms with Gasteiger partial charge in [0.1, 0.15) is 22.8 Å². The summed E-state index contributed by atoms with van der Waals surface area (Å²) in [5.41, 5.74) is 4.09. The van der Waals surface area contributed by atoms with Crippen LogP contribution in [0.15, 0.2) is 48.7 Å². The number of fused-ring (bicyclic) bond motifs is 1. The summed E-state index contributed by atoms with van der Waals surface area (Å²) >= 11 is 0. The van der Waals surface area contributed by atoms with Crippen molar-refractivity contribution in [2.24, 2.45) is 7.05 Å². The Bertz CT molecular complexity index is 1180. The molecule has 1 aromatic heterocycles. The van der Waals surface area contributed by atoms with Crippen molar-refractivity contribution < 1.29 is 19.0 Å². The minimum atomic E-state index is -0.994. The molecule has 1 saturated heterocycles. The first-order chi connectivity index (χ1) is 15.8. The number of carbonyl (C=O) groups is 1. The van der Waals surface area contributed by atoms with Crippen LogP contribution in [0.25, 0.3) is 0 Å². The quantitative estimate of drug-likeness (QED) is 0.505. The molecule has 0 amide bonds. The zero-order valence-corrected chi connectivity index (χ0v) is 19.5. The second kappa shape index (κ2) is 8.23. The van der Waals surface area contributed by atoms with Crippen molar-refractivity contribution in [1.29, 1.82) is 0 Å². The van der Waals surface area contributed by atoms with Crippen LogP contribution in [0.3, 0.4) is 0 Å². The maximum absolute atomic E-state index is 12.1. The van der Waals surface area contributed by atoms with E-state index in [1.54, 1.807) is 32.0 Å². The number of aromatic nitrogens is 2. The van der Waals surface area contributed by atoms with Crippen LogP contribution in [0, 0.1) is 6.92 Å². The first kappa shape index (κ1) is 21.5. The van der Waals surface area contributed by atoms with Crippen LogP contribution in [0.4, 0.5) is 0 Å². The Morgan fingerprint density at radius 2 is 1.88 bits per heavy atom. The number of ether oxygens (including phenoxy) is 3. The van der Waals surface area contributed by atoms with E-state index in [0.717, 1.165) is 24.5 Å². The highest BCUT2D eigenvalue weighted by Gasteiger charge is 2.34. The molecule has 0 bridgehead atoms. The molecule has 0 N–H and O–H groups in total. The van der Waals surface area contributed by atoms with Crippen LogP contribution in [-0.4, -0.2) is 33.0 Å². The summed E-state index contributed by atoms with van der Waals surface area (Å²) in [5, 5.41) is 4.53. The van der Waals surface area contributed by atoms with Gasteiger partial charge in [-0.3, -0.25) is 9.58 Å². The van der Waals surface area contributed by atoms with Gasteiger partial charge in [0.15, 0.2) is 0 Å². The van der Waals surface area contributed by atoms with Crippen LogP contribution in [0.5, 0.6) is 17.2 Å². The summed E-state index contributed by atoms with van der Waals surface area (Å²) in [6.45, 7) is 7.49. The molecule has 0 radical (unpaired) electrons. The Kier molecular flexibility index (Phi) is 5.37. The number of carbonyl (C=O) groups excluding carboxylic acids is 1. The summed E-state index contributed by atoms with van der Waals surface area (Å²) < 4.78 is 19.0. The predicted octanol–water partition coefficient (Wildman–Crippen LogP) is 5.14. The molecule has 7 heteroatoms. The maximum atomic E-state index is 12.1. The van der Waals surface area contributed by atoms with E-state index in [-0.39, 0.29) is 5.97 Å². The second-order valence-electron chi connectivity index (χ2n) is 9.27. The summed E-state index contributed by atoms with van der Waals surface area (Å²) in [5.74, 6) is 0.428. The number of nitrogens with zero attached hydrogens (tertiary/aromatic N) is 3. The van der Waals surface area contributed by atoms with Gasteiger partial charge in [0.2, 0.25) is 5.79 Å². The molecule has 2 aliphatic heterocycles. The van der Waals surface area contributed by atoms with Crippen molar-refractivity contribution in [3.63, 3.8) is 0 Å².